The van der Waals surface area contributed by atoms with Crippen molar-refractivity contribution in [1.82, 2.24) is 0 Å². The van der Waals surface area contributed by atoms with Crippen LogP contribution in [0.15, 0.2) is 24.3 Å². The van der Waals surface area contributed by atoms with Crippen LogP contribution in [-0.4, -0.2) is 7.05 Å². The summed E-state index contributed by atoms with van der Waals surface area (Å²) < 4.78 is 12.5. The summed E-state index contributed by atoms with van der Waals surface area (Å²) in [7, 11) is 1.96. The Morgan fingerprint density at radius 2 is 2.30 bits per heavy atom. The number of halogens is 1. The highest BCUT2D eigenvalue weighted by atomic mass is 19.1. The van der Waals surface area contributed by atoms with Gasteiger partial charge in [0, 0.05) is 5.56 Å². The molecule has 0 amide bonds. The summed E-state index contributed by atoms with van der Waals surface area (Å²) in [5.41, 5.74) is 1.03. The molecule has 2 heteroatoms. The van der Waals surface area contributed by atoms with Crippen molar-refractivity contribution < 1.29 is 9.71 Å². The number of rotatable bonds is 2. The van der Waals surface area contributed by atoms with E-state index in [-0.39, 0.29) is 5.82 Å². The molecule has 0 spiro atoms. The zero-order valence-electron chi connectivity index (χ0n) is 5.97. The van der Waals surface area contributed by atoms with Gasteiger partial charge in [0.1, 0.15) is 12.4 Å². The minimum Gasteiger partial charge on any atom is -0.345 e. The van der Waals surface area contributed by atoms with Gasteiger partial charge in [0.05, 0.1) is 7.05 Å². The molecule has 0 bridgehead atoms. The predicted octanol–water partition coefficient (Wildman–Crippen LogP) is 0.519. The molecule has 0 unspecified atom stereocenters. The van der Waals surface area contributed by atoms with Gasteiger partial charge in [-0.1, -0.05) is 12.1 Å². The van der Waals surface area contributed by atoms with Crippen molar-refractivity contribution in [3.05, 3.63) is 35.6 Å². The van der Waals surface area contributed by atoms with Gasteiger partial charge >= 0.3 is 0 Å². The quantitative estimate of drug-likeness (QED) is 0.616. The highest BCUT2D eigenvalue weighted by molar-refractivity contribution is 5.14. The lowest BCUT2D eigenvalue weighted by atomic mass is 10.2. The molecule has 0 aliphatic rings. The minimum absolute atomic E-state index is 0.153. The molecule has 0 saturated carbocycles. The Bertz CT molecular complexity index is 210. The summed E-state index contributed by atoms with van der Waals surface area (Å²) in [6, 6.07) is 6.66. The first-order valence-corrected chi connectivity index (χ1v) is 3.35. The Balaban J connectivity index is 2.75. The second kappa shape index (κ2) is 3.32. The lowest BCUT2D eigenvalue weighted by Gasteiger charge is -1.95. The molecule has 0 heterocycles. The number of hydrogen-bond acceptors (Lipinski definition) is 0. The van der Waals surface area contributed by atoms with Gasteiger partial charge in [-0.05, 0) is 12.1 Å². The molecule has 0 fully saturated rings. The fourth-order valence-electron chi connectivity index (χ4n) is 0.900. The number of quaternary nitrogens is 1. The summed E-state index contributed by atoms with van der Waals surface area (Å²) in [4.78, 5) is 0. The van der Waals surface area contributed by atoms with Crippen LogP contribution in [-0.2, 0) is 6.54 Å². The van der Waals surface area contributed by atoms with E-state index in [1.165, 1.54) is 6.07 Å². The van der Waals surface area contributed by atoms with Crippen LogP contribution in [0.1, 0.15) is 5.56 Å². The molecule has 1 nitrogen and oxygen atoms in total. The average Bonchev–Trinajstić information content (AvgIpc) is 1.88. The summed E-state index contributed by atoms with van der Waals surface area (Å²) in [6.07, 6.45) is 0. The number of benzene rings is 1. The van der Waals surface area contributed by atoms with Gasteiger partial charge in [-0.25, -0.2) is 4.39 Å². The predicted molar refractivity (Wildman–Crippen MR) is 38.0 cm³/mol. The third-order valence-corrected chi connectivity index (χ3v) is 1.33. The minimum atomic E-state index is -0.153. The largest absolute Gasteiger partial charge is 0.345 e. The maximum atomic E-state index is 12.5. The maximum absolute atomic E-state index is 12.5. The first-order valence-electron chi connectivity index (χ1n) is 3.35. The van der Waals surface area contributed by atoms with Gasteiger partial charge in [-0.2, -0.15) is 0 Å². The van der Waals surface area contributed by atoms with Crippen LogP contribution >= 0.6 is 0 Å². The fraction of sp³-hybridized carbons (Fsp3) is 0.250. The Hall–Kier alpha value is -0.890. The normalized spacial score (nSPS) is 9.80. The van der Waals surface area contributed by atoms with Gasteiger partial charge in [0.2, 0.25) is 0 Å². The molecular formula is C8H11FN+. The second-order valence-corrected chi connectivity index (χ2v) is 2.24. The average molecular weight is 140 g/mol. The van der Waals surface area contributed by atoms with Gasteiger partial charge in [-0.15, -0.1) is 0 Å². The Kier molecular flexibility index (Phi) is 2.40. The smallest absolute Gasteiger partial charge is 0.123 e. The summed E-state index contributed by atoms with van der Waals surface area (Å²) in [5, 5.41) is 2.01. The SMILES string of the molecule is C[NH2+]Cc1cccc(F)c1. The molecule has 0 radical (unpaired) electrons. The zero-order chi connectivity index (χ0) is 7.40. The van der Waals surface area contributed by atoms with E-state index in [1.54, 1.807) is 12.1 Å². The third kappa shape index (κ3) is 1.81. The molecule has 1 aromatic rings. The van der Waals surface area contributed by atoms with Crippen molar-refractivity contribution in [3.63, 3.8) is 0 Å². The van der Waals surface area contributed by atoms with Gasteiger partial charge in [0.25, 0.3) is 0 Å². The molecule has 0 aliphatic carbocycles. The van der Waals surface area contributed by atoms with Crippen LogP contribution in [0.2, 0.25) is 0 Å². The Morgan fingerprint density at radius 3 is 2.90 bits per heavy atom. The number of nitrogens with two attached hydrogens (primary N) is 1. The molecule has 0 atom stereocenters. The molecule has 1 rings (SSSR count). The van der Waals surface area contributed by atoms with E-state index in [9.17, 15) is 4.39 Å². The van der Waals surface area contributed by atoms with Crippen LogP contribution in [0.25, 0.3) is 0 Å². The van der Waals surface area contributed by atoms with Crippen LogP contribution in [0.3, 0.4) is 0 Å². The molecular weight excluding hydrogens is 129 g/mol. The Labute approximate surface area is 59.9 Å². The first-order chi connectivity index (χ1) is 4.83. The van der Waals surface area contributed by atoms with Crippen molar-refractivity contribution in [1.29, 1.82) is 0 Å². The second-order valence-electron chi connectivity index (χ2n) is 2.24. The highest BCUT2D eigenvalue weighted by Crippen LogP contribution is 2.00. The van der Waals surface area contributed by atoms with Crippen LogP contribution < -0.4 is 5.32 Å². The molecule has 0 aliphatic heterocycles. The van der Waals surface area contributed by atoms with Crippen molar-refractivity contribution in [2.24, 2.45) is 0 Å². The van der Waals surface area contributed by atoms with E-state index < -0.39 is 0 Å². The molecule has 54 valence electrons. The third-order valence-electron chi connectivity index (χ3n) is 1.33. The molecule has 1 aromatic carbocycles. The van der Waals surface area contributed by atoms with E-state index >= 15 is 0 Å². The molecule has 0 aromatic heterocycles. The molecule has 10 heavy (non-hydrogen) atoms. The van der Waals surface area contributed by atoms with Gasteiger partial charge in [-0.3, -0.25) is 0 Å². The standard InChI is InChI=1S/C8H10FN/c1-10-6-7-3-2-4-8(9)5-7/h2-5,10H,6H2,1H3/p+1. The summed E-state index contributed by atoms with van der Waals surface area (Å²) in [5.74, 6) is -0.153. The van der Waals surface area contributed by atoms with Crippen molar-refractivity contribution in [3.8, 4) is 0 Å². The molecule has 2 N–H and O–H groups in total. The van der Waals surface area contributed by atoms with E-state index in [2.05, 4.69) is 0 Å². The first kappa shape index (κ1) is 7.22. The lowest BCUT2D eigenvalue weighted by molar-refractivity contribution is -0.643. The monoisotopic (exact) mass is 140 g/mol. The van der Waals surface area contributed by atoms with Crippen molar-refractivity contribution in [2.45, 2.75) is 6.54 Å². The van der Waals surface area contributed by atoms with Gasteiger partial charge in [0.15, 0.2) is 0 Å². The van der Waals surface area contributed by atoms with Crippen molar-refractivity contribution in [2.75, 3.05) is 7.05 Å². The Morgan fingerprint density at radius 1 is 1.50 bits per heavy atom. The van der Waals surface area contributed by atoms with E-state index in [0.717, 1.165) is 12.1 Å². The van der Waals surface area contributed by atoms with Gasteiger partial charge < -0.3 is 5.32 Å². The van der Waals surface area contributed by atoms with Crippen molar-refractivity contribution >= 4 is 0 Å². The topological polar surface area (TPSA) is 16.6 Å². The summed E-state index contributed by atoms with van der Waals surface area (Å²) in [6.45, 7) is 0.845. The van der Waals surface area contributed by atoms with E-state index in [1.807, 2.05) is 18.4 Å². The van der Waals surface area contributed by atoms with E-state index in [0.29, 0.717) is 0 Å². The van der Waals surface area contributed by atoms with Crippen LogP contribution in [0, 0.1) is 5.82 Å². The summed E-state index contributed by atoms with van der Waals surface area (Å²) >= 11 is 0. The van der Waals surface area contributed by atoms with Crippen LogP contribution in [0.5, 0.6) is 0 Å². The van der Waals surface area contributed by atoms with E-state index in [4.69, 9.17) is 0 Å². The fourth-order valence-corrected chi connectivity index (χ4v) is 0.900. The lowest BCUT2D eigenvalue weighted by Crippen LogP contribution is -2.77. The van der Waals surface area contributed by atoms with Crippen LogP contribution in [0.4, 0.5) is 4.39 Å². The molecule has 0 saturated heterocycles. The maximum Gasteiger partial charge on any atom is 0.123 e. The number of hydrogen-bond donors (Lipinski definition) is 1. The zero-order valence-corrected chi connectivity index (χ0v) is 5.97. The highest BCUT2D eigenvalue weighted by Gasteiger charge is 1.93.